The number of carbonyl (C=O) groups excluding carboxylic acids is 1. The molecule has 2 aromatic rings. The molecule has 1 atom stereocenters. The van der Waals surface area contributed by atoms with Gasteiger partial charge in [-0.25, -0.2) is 0 Å². The van der Waals surface area contributed by atoms with E-state index in [2.05, 4.69) is 41.8 Å². The molecule has 1 unspecified atom stereocenters. The van der Waals surface area contributed by atoms with E-state index in [9.17, 15) is 4.79 Å². The number of fused-ring (bicyclic) bond motifs is 1. The van der Waals surface area contributed by atoms with Crippen LogP contribution in [0.4, 0.5) is 5.69 Å². The van der Waals surface area contributed by atoms with Crippen LogP contribution in [0.1, 0.15) is 49.1 Å². The molecule has 0 aromatic heterocycles. The Morgan fingerprint density at radius 1 is 1.12 bits per heavy atom. The van der Waals surface area contributed by atoms with Gasteiger partial charge in [-0.05, 0) is 62.1 Å². The van der Waals surface area contributed by atoms with Crippen LogP contribution < -0.4 is 10.6 Å². The fraction of sp³-hybridized carbons (Fsp3) is 0.381. The number of aliphatic hydroxyl groups excluding tert-OH is 1. The Hall–Kier alpha value is -2.17. The monoisotopic (exact) mass is 338 g/mol. The van der Waals surface area contributed by atoms with E-state index in [1.54, 1.807) is 0 Å². The van der Waals surface area contributed by atoms with Crippen molar-refractivity contribution in [1.82, 2.24) is 5.32 Å². The molecule has 25 heavy (non-hydrogen) atoms. The van der Waals surface area contributed by atoms with Crippen molar-refractivity contribution in [2.45, 2.75) is 45.3 Å². The predicted molar refractivity (Wildman–Crippen MR) is 101 cm³/mol. The van der Waals surface area contributed by atoms with E-state index < -0.39 is 5.41 Å². The summed E-state index contributed by atoms with van der Waals surface area (Å²) in [7, 11) is 0. The zero-order chi connectivity index (χ0) is 18.0. The first-order chi connectivity index (χ1) is 11.9. The molecule has 0 radical (unpaired) electrons. The quantitative estimate of drug-likeness (QED) is 0.757. The Morgan fingerprint density at radius 3 is 2.48 bits per heavy atom. The summed E-state index contributed by atoms with van der Waals surface area (Å²) in [5, 5.41) is 15.6. The highest BCUT2D eigenvalue weighted by Crippen LogP contribution is 2.38. The van der Waals surface area contributed by atoms with Crippen molar-refractivity contribution in [1.29, 1.82) is 0 Å². The van der Waals surface area contributed by atoms with Crippen molar-refractivity contribution < 1.29 is 9.90 Å². The van der Waals surface area contributed by atoms with Gasteiger partial charge in [0.25, 0.3) is 0 Å². The molecule has 1 amide bonds. The molecule has 1 heterocycles. The second-order valence-corrected chi connectivity index (χ2v) is 7.28. The Kier molecular flexibility index (Phi) is 4.93. The molecule has 0 spiro atoms. The van der Waals surface area contributed by atoms with E-state index in [0.717, 1.165) is 29.8 Å². The fourth-order valence-corrected chi connectivity index (χ4v) is 3.22. The molecule has 1 aliphatic rings. The molecule has 4 heteroatoms. The smallest absolute Gasteiger partial charge is 0.234 e. The first-order valence-electron chi connectivity index (χ1n) is 8.80. The van der Waals surface area contributed by atoms with Gasteiger partial charge in [0.05, 0.1) is 12.0 Å². The first-order valence-corrected chi connectivity index (χ1v) is 8.80. The van der Waals surface area contributed by atoms with Gasteiger partial charge in [0.1, 0.15) is 0 Å². The van der Waals surface area contributed by atoms with Gasteiger partial charge in [0.15, 0.2) is 0 Å². The Labute approximate surface area is 149 Å². The van der Waals surface area contributed by atoms with Crippen LogP contribution in [0.3, 0.4) is 0 Å². The van der Waals surface area contributed by atoms with Crippen molar-refractivity contribution in [3.63, 3.8) is 0 Å². The van der Waals surface area contributed by atoms with Crippen molar-refractivity contribution in [3.8, 4) is 0 Å². The SMILES string of the molecule is CC(NCCc1ccc(CO)cc1)c1ccc2c(c1)C(C)(C)C(=O)N2. The largest absolute Gasteiger partial charge is 0.392 e. The van der Waals surface area contributed by atoms with E-state index in [1.165, 1.54) is 11.1 Å². The second kappa shape index (κ2) is 6.98. The predicted octanol–water partition coefficient (Wildman–Crippen LogP) is 3.30. The number of hydrogen-bond donors (Lipinski definition) is 3. The third-order valence-electron chi connectivity index (χ3n) is 5.10. The van der Waals surface area contributed by atoms with Crippen molar-refractivity contribution in [2.24, 2.45) is 0 Å². The number of anilines is 1. The van der Waals surface area contributed by atoms with Gasteiger partial charge >= 0.3 is 0 Å². The topological polar surface area (TPSA) is 61.4 Å². The van der Waals surface area contributed by atoms with Crippen LogP contribution in [0.2, 0.25) is 0 Å². The zero-order valence-corrected chi connectivity index (χ0v) is 15.1. The number of amides is 1. The summed E-state index contributed by atoms with van der Waals surface area (Å²) < 4.78 is 0. The maximum absolute atomic E-state index is 12.1. The summed E-state index contributed by atoms with van der Waals surface area (Å²) in [4.78, 5) is 12.1. The molecule has 0 fully saturated rings. The van der Waals surface area contributed by atoms with Gasteiger partial charge in [0, 0.05) is 11.7 Å². The highest BCUT2D eigenvalue weighted by Gasteiger charge is 2.38. The van der Waals surface area contributed by atoms with Crippen LogP contribution in [0, 0.1) is 0 Å². The minimum Gasteiger partial charge on any atom is -0.392 e. The Morgan fingerprint density at radius 2 is 1.80 bits per heavy atom. The molecule has 0 saturated carbocycles. The molecule has 132 valence electrons. The molecular formula is C21H26N2O2. The summed E-state index contributed by atoms with van der Waals surface area (Å²) in [6, 6.07) is 14.5. The van der Waals surface area contributed by atoms with Gasteiger partial charge < -0.3 is 15.7 Å². The molecule has 0 aliphatic carbocycles. The Bertz CT molecular complexity index is 766. The van der Waals surface area contributed by atoms with Crippen molar-refractivity contribution in [2.75, 3.05) is 11.9 Å². The molecule has 3 rings (SSSR count). The van der Waals surface area contributed by atoms with E-state index in [4.69, 9.17) is 5.11 Å². The standard InChI is InChI=1S/C21H26N2O2/c1-14(22-11-10-15-4-6-16(13-24)7-5-15)17-8-9-19-18(12-17)21(2,3)20(25)23-19/h4-9,12,14,22,24H,10-11,13H2,1-3H3,(H,23,25). The normalized spacial score (nSPS) is 16.4. The van der Waals surface area contributed by atoms with Gasteiger partial charge in [-0.3, -0.25) is 4.79 Å². The van der Waals surface area contributed by atoms with Crippen LogP contribution in [-0.2, 0) is 23.2 Å². The number of carbonyl (C=O) groups is 1. The highest BCUT2D eigenvalue weighted by atomic mass is 16.3. The highest BCUT2D eigenvalue weighted by molar-refractivity contribution is 6.05. The molecule has 0 saturated heterocycles. The second-order valence-electron chi connectivity index (χ2n) is 7.28. The molecule has 3 N–H and O–H groups in total. The van der Waals surface area contributed by atoms with E-state index in [1.807, 2.05) is 32.0 Å². The average molecular weight is 338 g/mol. The van der Waals surface area contributed by atoms with Gasteiger partial charge in [-0.15, -0.1) is 0 Å². The Balaban J connectivity index is 1.61. The molecular weight excluding hydrogens is 312 g/mol. The summed E-state index contributed by atoms with van der Waals surface area (Å²) in [5.74, 6) is 0.0617. The van der Waals surface area contributed by atoms with E-state index in [0.29, 0.717) is 0 Å². The molecule has 1 aliphatic heterocycles. The first kappa shape index (κ1) is 17.6. The average Bonchev–Trinajstić information content (AvgIpc) is 2.84. The third-order valence-corrected chi connectivity index (χ3v) is 5.10. The number of aliphatic hydroxyl groups is 1. The lowest BCUT2D eigenvalue weighted by Gasteiger charge is -2.19. The van der Waals surface area contributed by atoms with Crippen molar-refractivity contribution >= 4 is 11.6 Å². The minimum absolute atomic E-state index is 0.0617. The summed E-state index contributed by atoms with van der Waals surface area (Å²) in [6.45, 7) is 7.03. The summed E-state index contributed by atoms with van der Waals surface area (Å²) in [6.07, 6.45) is 0.937. The van der Waals surface area contributed by atoms with Gasteiger partial charge in [-0.2, -0.15) is 0 Å². The molecule has 2 aromatic carbocycles. The number of nitrogens with one attached hydrogen (secondary N) is 2. The summed E-state index contributed by atoms with van der Waals surface area (Å²) in [5.41, 5.74) is 4.91. The third kappa shape index (κ3) is 3.60. The molecule has 4 nitrogen and oxygen atoms in total. The minimum atomic E-state index is -0.473. The summed E-state index contributed by atoms with van der Waals surface area (Å²) >= 11 is 0. The van der Waals surface area contributed by atoms with Crippen LogP contribution in [0.5, 0.6) is 0 Å². The van der Waals surface area contributed by atoms with Crippen LogP contribution in [0.15, 0.2) is 42.5 Å². The lowest BCUT2D eigenvalue weighted by atomic mass is 9.85. The molecule has 0 bridgehead atoms. The van der Waals surface area contributed by atoms with Crippen molar-refractivity contribution in [3.05, 3.63) is 64.7 Å². The van der Waals surface area contributed by atoms with Gasteiger partial charge in [-0.1, -0.05) is 36.4 Å². The number of rotatable bonds is 6. The lowest BCUT2D eigenvalue weighted by Crippen LogP contribution is -2.27. The van der Waals surface area contributed by atoms with Crippen LogP contribution in [0.25, 0.3) is 0 Å². The number of hydrogen-bond acceptors (Lipinski definition) is 3. The van der Waals surface area contributed by atoms with Crippen LogP contribution >= 0.6 is 0 Å². The maximum Gasteiger partial charge on any atom is 0.234 e. The lowest BCUT2D eigenvalue weighted by molar-refractivity contribution is -0.119. The van der Waals surface area contributed by atoms with E-state index in [-0.39, 0.29) is 18.6 Å². The number of benzene rings is 2. The fourth-order valence-electron chi connectivity index (χ4n) is 3.22. The van der Waals surface area contributed by atoms with Crippen LogP contribution in [-0.4, -0.2) is 17.6 Å². The van der Waals surface area contributed by atoms with E-state index >= 15 is 0 Å². The zero-order valence-electron chi connectivity index (χ0n) is 15.1. The van der Waals surface area contributed by atoms with Gasteiger partial charge in [0.2, 0.25) is 5.91 Å². The maximum atomic E-state index is 12.1.